The van der Waals surface area contributed by atoms with E-state index >= 15 is 0 Å². The van der Waals surface area contributed by atoms with Gasteiger partial charge in [-0.25, -0.2) is 0 Å². The number of nitrogens with one attached hydrogen (secondary N) is 1. The van der Waals surface area contributed by atoms with Crippen molar-refractivity contribution in [2.75, 3.05) is 19.8 Å². The van der Waals surface area contributed by atoms with Crippen LogP contribution in [0.2, 0.25) is 6.04 Å². The first kappa shape index (κ1) is 12.1. The van der Waals surface area contributed by atoms with Gasteiger partial charge in [-0.3, -0.25) is 0 Å². The van der Waals surface area contributed by atoms with Crippen molar-refractivity contribution >= 4 is 9.68 Å². The van der Waals surface area contributed by atoms with E-state index in [-0.39, 0.29) is 9.68 Å². The first-order valence-electron chi connectivity index (χ1n) is 5.28. The number of nitrogens with zero attached hydrogens (tertiary/aromatic N) is 1. The highest BCUT2D eigenvalue weighted by atomic mass is 28.2. The molecular weight excluding hydrogens is 164 g/mol. The van der Waals surface area contributed by atoms with Crippen LogP contribution in [0.5, 0.6) is 0 Å². The number of unbranched alkanes of at least 4 members (excludes halogenated alkanes) is 1. The van der Waals surface area contributed by atoms with Crippen molar-refractivity contribution in [1.82, 2.24) is 9.88 Å². The van der Waals surface area contributed by atoms with Gasteiger partial charge in [0.25, 0.3) is 0 Å². The summed E-state index contributed by atoms with van der Waals surface area (Å²) in [5.74, 6) is 0. The molecule has 2 nitrogen and oxygen atoms in total. The average Bonchev–Trinajstić information content (AvgIpc) is 2.10. The first-order chi connectivity index (χ1) is 5.85. The fourth-order valence-corrected chi connectivity index (χ4v) is 2.63. The molecule has 0 aliphatic carbocycles. The van der Waals surface area contributed by atoms with Gasteiger partial charge in [-0.2, -0.15) is 0 Å². The molecule has 0 aromatic carbocycles. The molecule has 0 rings (SSSR count). The van der Waals surface area contributed by atoms with Gasteiger partial charge in [0.2, 0.25) is 0 Å². The molecule has 0 aliphatic heterocycles. The molecule has 0 radical (unpaired) electrons. The molecule has 0 aromatic heterocycles. The maximum absolute atomic E-state index is 3.40. The third-order valence-corrected chi connectivity index (χ3v) is 3.57. The third kappa shape index (κ3) is 6.82. The molecule has 0 bridgehead atoms. The Kier molecular flexibility index (Phi) is 9.33. The maximum Gasteiger partial charge on any atom is 0.0963 e. The zero-order valence-corrected chi connectivity index (χ0v) is 10.3. The Bertz CT molecular complexity index is 80.6. The standard InChI is InChI=1S/C9H24N2Si/c1-4-7-8-11(12-6-3)9-10-5-2/h10H,4-9,12H2,1-3H3. The minimum atomic E-state index is 0.0659. The van der Waals surface area contributed by atoms with Gasteiger partial charge in [-0.05, 0) is 19.5 Å². The molecule has 0 saturated heterocycles. The van der Waals surface area contributed by atoms with E-state index in [0.29, 0.717) is 0 Å². The predicted octanol–water partition coefficient (Wildman–Crippen LogP) is 1.18. The van der Waals surface area contributed by atoms with Crippen LogP contribution in [0, 0.1) is 0 Å². The van der Waals surface area contributed by atoms with Crippen LogP contribution < -0.4 is 5.32 Å². The Morgan fingerprint density at radius 1 is 1.25 bits per heavy atom. The Morgan fingerprint density at radius 3 is 2.50 bits per heavy atom. The zero-order valence-electron chi connectivity index (χ0n) is 8.90. The quantitative estimate of drug-likeness (QED) is 0.454. The summed E-state index contributed by atoms with van der Waals surface area (Å²) in [6, 6.07) is 1.40. The van der Waals surface area contributed by atoms with E-state index in [1.165, 1.54) is 25.4 Å². The second-order valence-electron chi connectivity index (χ2n) is 3.23. The fraction of sp³-hybridized carbons (Fsp3) is 1.00. The summed E-state index contributed by atoms with van der Waals surface area (Å²) in [4.78, 5) is 0. The number of hydrogen-bond donors (Lipinski definition) is 1. The summed E-state index contributed by atoms with van der Waals surface area (Å²) >= 11 is 0. The van der Waals surface area contributed by atoms with E-state index in [1.807, 2.05) is 0 Å². The zero-order chi connectivity index (χ0) is 9.23. The van der Waals surface area contributed by atoms with Gasteiger partial charge in [0, 0.05) is 6.67 Å². The van der Waals surface area contributed by atoms with Gasteiger partial charge in [-0.15, -0.1) is 0 Å². The number of rotatable bonds is 8. The highest BCUT2D eigenvalue weighted by molar-refractivity contribution is 6.31. The monoisotopic (exact) mass is 188 g/mol. The van der Waals surface area contributed by atoms with E-state index in [9.17, 15) is 0 Å². The molecule has 74 valence electrons. The normalized spacial score (nSPS) is 12.0. The molecule has 12 heavy (non-hydrogen) atoms. The summed E-state index contributed by atoms with van der Waals surface area (Å²) in [5.41, 5.74) is 0. The lowest BCUT2D eigenvalue weighted by atomic mass is 10.3. The van der Waals surface area contributed by atoms with E-state index in [2.05, 4.69) is 30.7 Å². The van der Waals surface area contributed by atoms with Crippen molar-refractivity contribution in [1.29, 1.82) is 0 Å². The highest BCUT2D eigenvalue weighted by Gasteiger charge is 2.00. The molecule has 0 amide bonds. The average molecular weight is 188 g/mol. The van der Waals surface area contributed by atoms with Gasteiger partial charge in [0.15, 0.2) is 0 Å². The molecule has 0 atom stereocenters. The summed E-state index contributed by atoms with van der Waals surface area (Å²) in [5, 5.41) is 3.40. The maximum atomic E-state index is 3.40. The molecule has 0 unspecified atom stereocenters. The second-order valence-corrected chi connectivity index (χ2v) is 5.57. The predicted molar refractivity (Wildman–Crippen MR) is 59.2 cm³/mol. The van der Waals surface area contributed by atoms with Gasteiger partial charge in [0.1, 0.15) is 0 Å². The number of hydrogen-bond acceptors (Lipinski definition) is 2. The van der Waals surface area contributed by atoms with Crippen LogP contribution in [0.4, 0.5) is 0 Å². The SMILES string of the molecule is CCCCN(CNCC)[SiH2]CC. The van der Waals surface area contributed by atoms with E-state index in [1.54, 1.807) is 0 Å². The first-order valence-corrected chi connectivity index (χ1v) is 6.91. The molecular formula is C9H24N2Si. The van der Waals surface area contributed by atoms with Crippen LogP contribution in [0.25, 0.3) is 0 Å². The molecule has 0 fully saturated rings. The molecule has 0 heterocycles. The van der Waals surface area contributed by atoms with Gasteiger partial charge >= 0.3 is 0 Å². The van der Waals surface area contributed by atoms with Crippen LogP contribution in [0.15, 0.2) is 0 Å². The van der Waals surface area contributed by atoms with Crippen molar-refractivity contribution in [3.05, 3.63) is 0 Å². The summed E-state index contributed by atoms with van der Waals surface area (Å²) in [6.45, 7) is 10.3. The Morgan fingerprint density at radius 2 is 2.00 bits per heavy atom. The van der Waals surface area contributed by atoms with Crippen molar-refractivity contribution in [3.63, 3.8) is 0 Å². The summed E-state index contributed by atoms with van der Waals surface area (Å²) in [7, 11) is 0.0659. The van der Waals surface area contributed by atoms with Crippen LogP contribution in [-0.4, -0.2) is 34.0 Å². The van der Waals surface area contributed by atoms with Crippen molar-refractivity contribution < 1.29 is 0 Å². The minimum Gasteiger partial charge on any atom is -0.318 e. The lowest BCUT2D eigenvalue weighted by Crippen LogP contribution is -2.37. The van der Waals surface area contributed by atoms with Crippen LogP contribution in [0.3, 0.4) is 0 Å². The largest absolute Gasteiger partial charge is 0.318 e. The lowest BCUT2D eigenvalue weighted by molar-refractivity contribution is 0.397. The molecule has 0 saturated carbocycles. The van der Waals surface area contributed by atoms with E-state index in [4.69, 9.17) is 0 Å². The van der Waals surface area contributed by atoms with Crippen LogP contribution in [0.1, 0.15) is 33.6 Å². The van der Waals surface area contributed by atoms with Crippen molar-refractivity contribution in [2.24, 2.45) is 0 Å². The summed E-state index contributed by atoms with van der Waals surface area (Å²) in [6.07, 6.45) is 2.68. The van der Waals surface area contributed by atoms with Crippen molar-refractivity contribution in [2.45, 2.75) is 39.7 Å². The lowest BCUT2D eigenvalue weighted by Gasteiger charge is -2.21. The Balaban J connectivity index is 3.40. The van der Waals surface area contributed by atoms with Crippen LogP contribution >= 0.6 is 0 Å². The van der Waals surface area contributed by atoms with Gasteiger partial charge in [-0.1, -0.05) is 33.2 Å². The minimum absolute atomic E-state index is 0.0659. The van der Waals surface area contributed by atoms with Crippen molar-refractivity contribution in [3.8, 4) is 0 Å². The molecule has 0 aliphatic rings. The highest BCUT2D eigenvalue weighted by Crippen LogP contribution is 1.93. The molecule has 3 heteroatoms. The smallest absolute Gasteiger partial charge is 0.0963 e. The molecule has 0 spiro atoms. The van der Waals surface area contributed by atoms with Crippen LogP contribution in [-0.2, 0) is 0 Å². The van der Waals surface area contributed by atoms with E-state index in [0.717, 1.165) is 13.2 Å². The third-order valence-electron chi connectivity index (χ3n) is 1.95. The van der Waals surface area contributed by atoms with Gasteiger partial charge in [0.05, 0.1) is 9.68 Å². The molecule has 1 N–H and O–H groups in total. The fourth-order valence-electron chi connectivity index (χ4n) is 1.24. The molecule has 0 aromatic rings. The Hall–Kier alpha value is 0.137. The van der Waals surface area contributed by atoms with E-state index < -0.39 is 0 Å². The Labute approximate surface area is 79.6 Å². The topological polar surface area (TPSA) is 15.3 Å². The van der Waals surface area contributed by atoms with Gasteiger partial charge < -0.3 is 9.88 Å². The second kappa shape index (κ2) is 9.23. The summed E-state index contributed by atoms with van der Waals surface area (Å²) < 4.78 is 2.63.